The number of rotatable bonds is 12. The summed E-state index contributed by atoms with van der Waals surface area (Å²) >= 11 is 0. The van der Waals surface area contributed by atoms with Crippen molar-refractivity contribution < 1.29 is 67.8 Å². The van der Waals surface area contributed by atoms with Gasteiger partial charge >= 0.3 is 41.8 Å². The number of hydrogen-bond donors (Lipinski definition) is 7. The zero-order valence-electron chi connectivity index (χ0n) is 52.2. The van der Waals surface area contributed by atoms with Crippen LogP contribution in [0.2, 0.25) is 0 Å². The van der Waals surface area contributed by atoms with E-state index >= 15 is 0 Å². The van der Waals surface area contributed by atoms with E-state index in [9.17, 15) is 33.6 Å². The third-order valence-electron chi connectivity index (χ3n) is 13.4. The van der Waals surface area contributed by atoms with Crippen LogP contribution in [0.1, 0.15) is 138 Å². The summed E-state index contributed by atoms with van der Waals surface area (Å²) in [6.45, 7) is 20.8. The molecule has 0 radical (unpaired) electrons. The number of carboxylic acids is 3. The normalized spacial score (nSPS) is 14.1. The largest absolute Gasteiger partial charge is 0.478 e. The minimum Gasteiger partial charge on any atom is -0.478 e. The molecule has 4 aliphatic rings. The van der Waals surface area contributed by atoms with Crippen molar-refractivity contribution in [2.45, 2.75) is 92.5 Å². The second-order valence-corrected chi connectivity index (χ2v) is 21.7. The van der Waals surface area contributed by atoms with Gasteiger partial charge in [-0.2, -0.15) is 0 Å². The average molecular weight is 1250 g/mol. The van der Waals surface area contributed by atoms with Gasteiger partial charge in [-0.05, 0) is 182 Å². The summed E-state index contributed by atoms with van der Waals surface area (Å²) in [5, 5.41) is 38.0. The molecule has 0 bridgehead atoms. The van der Waals surface area contributed by atoms with Crippen molar-refractivity contribution in [3.05, 3.63) is 213 Å². The highest BCUT2D eigenvalue weighted by Gasteiger charge is 2.24. The van der Waals surface area contributed by atoms with Crippen LogP contribution in [0.15, 0.2) is 135 Å². The molecule has 91 heavy (non-hydrogen) atoms. The van der Waals surface area contributed by atoms with Gasteiger partial charge in [-0.15, -0.1) is 0 Å². The van der Waals surface area contributed by atoms with E-state index in [1.54, 1.807) is 98.7 Å². The maximum absolute atomic E-state index is 11.8. The summed E-state index contributed by atoms with van der Waals surface area (Å²) in [5.74, 6) is -3.56. The number of esters is 4. The van der Waals surface area contributed by atoms with Gasteiger partial charge in [0.05, 0.1) is 23.3 Å². The lowest BCUT2D eigenvalue weighted by atomic mass is 10.1. The van der Waals surface area contributed by atoms with Crippen molar-refractivity contribution in [3.63, 3.8) is 0 Å². The Morgan fingerprint density at radius 3 is 1.13 bits per heavy atom. The number of aromatic nitrogens is 6. The van der Waals surface area contributed by atoms with Gasteiger partial charge in [-0.3, -0.25) is 9.97 Å². The van der Waals surface area contributed by atoms with Crippen LogP contribution in [0.4, 0.5) is 0 Å². The van der Waals surface area contributed by atoms with E-state index in [-0.39, 0.29) is 53.4 Å². The van der Waals surface area contributed by atoms with Crippen molar-refractivity contribution >= 4 is 41.8 Å². The number of pyridine rings is 6. The summed E-state index contributed by atoms with van der Waals surface area (Å²) < 4.78 is 21.1. The third kappa shape index (κ3) is 27.7. The first-order valence-corrected chi connectivity index (χ1v) is 29.6. The minimum absolute atomic E-state index is 0.0191. The van der Waals surface area contributed by atoms with Crippen LogP contribution in [0, 0.1) is 54.4 Å². The highest BCUT2D eigenvalue weighted by Crippen LogP contribution is 2.14. The Morgan fingerprint density at radius 1 is 0.385 bits per heavy atom. The number of nitrogens with zero attached hydrogens (tertiary/aromatic N) is 6. The van der Waals surface area contributed by atoms with Gasteiger partial charge in [0.25, 0.3) is 0 Å². The van der Waals surface area contributed by atoms with Gasteiger partial charge < -0.3 is 55.5 Å². The predicted octanol–water partition coefficient (Wildman–Crippen LogP) is 7.75. The van der Waals surface area contributed by atoms with E-state index in [4.69, 9.17) is 34.3 Å². The molecule has 0 aliphatic carbocycles. The number of aromatic carboxylic acids is 3. The fraction of sp³-hybridized carbons (Fsp3) is 0.358. The van der Waals surface area contributed by atoms with Crippen LogP contribution in [0.3, 0.4) is 0 Å². The number of nitrogens with one attached hydrogen (secondary N) is 4. The SMILES string of the molecule is Cc1ccc(C(=O)O)nc1.Cc1ccc(C(=O)OC2CCNCC2)nc1.Cc1ccc(C(=O)OC2CNC2)nc1.Cc1ccc(C(=O)OCC2CNC2)nc1.Cc1cccc(C(=O)O)c1.Cc1cncc(C(=O)O)c1.Cc1cncc(C(=O)OC2CCNCC2)c1. The fourth-order valence-electron chi connectivity index (χ4n) is 8.03. The Balaban J connectivity index is 0.000000195. The Bertz CT molecular complexity index is 3370. The summed E-state index contributed by atoms with van der Waals surface area (Å²) in [5.41, 5.74) is 9.24. The molecule has 24 heteroatoms. The molecule has 0 atom stereocenters. The molecule has 11 rings (SSSR count). The van der Waals surface area contributed by atoms with Gasteiger partial charge in [0.1, 0.15) is 41.1 Å². The monoisotopic (exact) mass is 1250 g/mol. The minimum atomic E-state index is -0.986. The number of piperidine rings is 2. The first kappa shape index (κ1) is 72.0. The lowest BCUT2D eigenvalue weighted by Gasteiger charge is -2.26. The van der Waals surface area contributed by atoms with E-state index in [1.807, 2.05) is 65.8 Å². The molecule has 0 amide bonds. The molecular formula is C67H80N10O14. The molecule has 0 saturated carbocycles. The number of carboxylic acid groups (broad SMARTS) is 3. The van der Waals surface area contributed by atoms with Gasteiger partial charge in [0.15, 0.2) is 0 Å². The van der Waals surface area contributed by atoms with Crippen molar-refractivity contribution in [2.24, 2.45) is 5.92 Å². The molecule has 10 heterocycles. The second-order valence-electron chi connectivity index (χ2n) is 21.7. The van der Waals surface area contributed by atoms with Crippen LogP contribution in [-0.2, 0) is 18.9 Å². The molecule has 0 spiro atoms. The quantitative estimate of drug-likeness (QED) is 0.0454. The Hall–Kier alpha value is -9.75. The van der Waals surface area contributed by atoms with Crippen molar-refractivity contribution in [1.29, 1.82) is 0 Å². The second kappa shape index (κ2) is 38.6. The van der Waals surface area contributed by atoms with Crippen LogP contribution in [0.25, 0.3) is 0 Å². The zero-order chi connectivity index (χ0) is 66.1. The molecule has 7 aromatic rings. The molecule has 1 aromatic carbocycles. The fourth-order valence-corrected chi connectivity index (χ4v) is 8.03. The summed E-state index contributed by atoms with van der Waals surface area (Å²) in [7, 11) is 0. The predicted molar refractivity (Wildman–Crippen MR) is 337 cm³/mol. The molecule has 4 aliphatic heterocycles. The summed E-state index contributed by atoms with van der Waals surface area (Å²) in [6.07, 6.45) is 16.4. The molecule has 4 fully saturated rings. The van der Waals surface area contributed by atoms with Crippen molar-refractivity contribution in [2.75, 3.05) is 59.0 Å². The van der Waals surface area contributed by atoms with Crippen molar-refractivity contribution in [1.82, 2.24) is 51.2 Å². The van der Waals surface area contributed by atoms with Gasteiger partial charge in [0.2, 0.25) is 0 Å². The van der Waals surface area contributed by atoms with Crippen LogP contribution in [-0.4, -0.2) is 164 Å². The lowest BCUT2D eigenvalue weighted by molar-refractivity contribution is 0.0160. The van der Waals surface area contributed by atoms with E-state index in [0.29, 0.717) is 40.7 Å². The van der Waals surface area contributed by atoms with Crippen LogP contribution in [0.5, 0.6) is 0 Å². The van der Waals surface area contributed by atoms with Crippen LogP contribution < -0.4 is 21.3 Å². The standard InChI is InChI=1S/2C12H16N2O2.C11H14N2O2.C10H12N2O2.C8H8O2.2C7H7NO2/c1-9-6-10(8-14-7-9)12(15)16-11-2-4-13-5-3-11;1-9-2-3-11(14-8-9)12(15)16-10-4-6-13-7-5-10;1-8-2-3-10(13-4-8)11(14)15-7-9-5-12-6-9;1-7-2-3-9(12-4-7)10(13)14-8-5-11-6-8;1-6-3-2-4-7(5-6)8(9)10;1-5-2-6(7(9)10)4-8-3-5;1-5-2-3-6(7(9)10)8-4-5/h6-8,11,13H,2-5H2,1H3;2-3,8,10,13H,4-7H2,1H3;2-4,9,12H,5-7H2,1H3;2-4,8,11H,5-6H2,1H3;2-5H,1H3,(H,9,10);2*2-4H,1H3,(H,9,10). The summed E-state index contributed by atoms with van der Waals surface area (Å²) in [4.78, 5) is 101. The summed E-state index contributed by atoms with van der Waals surface area (Å²) in [6, 6.07) is 24.1. The number of benzene rings is 1. The van der Waals surface area contributed by atoms with E-state index in [2.05, 4.69) is 51.2 Å². The van der Waals surface area contributed by atoms with E-state index in [1.165, 1.54) is 18.5 Å². The maximum atomic E-state index is 11.8. The van der Waals surface area contributed by atoms with Gasteiger partial charge in [-0.1, -0.05) is 42.0 Å². The van der Waals surface area contributed by atoms with Gasteiger partial charge in [0, 0.05) is 81.7 Å². The topological polar surface area (TPSA) is 343 Å². The molecule has 24 nitrogen and oxygen atoms in total. The third-order valence-corrected chi connectivity index (χ3v) is 13.4. The lowest BCUT2D eigenvalue weighted by Crippen LogP contribution is -2.49. The number of aryl methyl sites for hydroxylation is 7. The smallest absolute Gasteiger partial charge is 0.357 e. The highest BCUT2D eigenvalue weighted by atomic mass is 16.6. The number of carbonyl (C=O) groups excluding carboxylic acids is 4. The molecule has 7 N–H and O–H groups in total. The Morgan fingerprint density at radius 2 is 0.780 bits per heavy atom. The first-order chi connectivity index (χ1) is 43.6. The van der Waals surface area contributed by atoms with Crippen LogP contribution >= 0.6 is 0 Å². The average Bonchev–Trinajstić information content (AvgIpc) is 3.35. The van der Waals surface area contributed by atoms with Gasteiger partial charge in [-0.25, -0.2) is 53.5 Å². The molecule has 4 saturated heterocycles. The maximum Gasteiger partial charge on any atom is 0.357 e. The highest BCUT2D eigenvalue weighted by molar-refractivity contribution is 5.90. The Labute approximate surface area is 529 Å². The molecular weight excluding hydrogens is 1170 g/mol. The van der Waals surface area contributed by atoms with E-state index < -0.39 is 17.9 Å². The van der Waals surface area contributed by atoms with E-state index in [0.717, 1.165) is 117 Å². The zero-order valence-corrected chi connectivity index (χ0v) is 52.2. The first-order valence-electron chi connectivity index (χ1n) is 29.6. The Kier molecular flexibility index (Phi) is 30.6. The molecule has 482 valence electrons. The molecule has 6 aromatic heterocycles. The number of ether oxygens (including phenoxy) is 4. The van der Waals surface area contributed by atoms with Crippen molar-refractivity contribution in [3.8, 4) is 0 Å². The number of hydrogen-bond acceptors (Lipinski definition) is 21. The molecule has 0 unspecified atom stereocenters. The number of carbonyl (C=O) groups is 7.